The number of carbonyl (C=O) groups excluding carboxylic acids is 6. The molecule has 2 atom stereocenters. The van der Waals surface area contributed by atoms with Crippen LogP contribution in [0.5, 0.6) is 0 Å². The molecule has 0 saturated heterocycles. The number of urea groups is 2. The zero-order chi connectivity index (χ0) is 59.3. The van der Waals surface area contributed by atoms with Gasteiger partial charge in [0.05, 0.1) is 12.8 Å². The maximum atomic E-state index is 13.4. The molecule has 0 aromatic heterocycles. The van der Waals surface area contributed by atoms with Crippen molar-refractivity contribution in [2.24, 2.45) is 21.7 Å². The number of ether oxygens (including phenoxy) is 2. The summed E-state index contributed by atoms with van der Waals surface area (Å²) in [5.74, 6) is -3.83. The minimum atomic E-state index is -0.984. The van der Waals surface area contributed by atoms with E-state index in [0.29, 0.717) is 11.1 Å². The Kier molecular flexibility index (Phi) is 24.9. The Morgan fingerprint density at radius 3 is 1.16 bits per heavy atom. The first-order chi connectivity index (χ1) is 37.6. The van der Waals surface area contributed by atoms with Gasteiger partial charge in [0.1, 0.15) is 13.1 Å². The fourth-order valence-corrected chi connectivity index (χ4v) is 11.2. The van der Waals surface area contributed by atoms with Crippen LogP contribution in [0.15, 0.2) is 130 Å². The molecule has 2 saturated carbocycles. The summed E-state index contributed by atoms with van der Waals surface area (Å²) in [7, 11) is 0. The third kappa shape index (κ3) is 21.2. The zero-order valence-electron chi connectivity index (χ0n) is 48.9. The zero-order valence-corrected chi connectivity index (χ0v) is 48.9. The van der Waals surface area contributed by atoms with Gasteiger partial charge in [0.15, 0.2) is 23.8 Å². The monoisotopic (exact) mass is 1100 g/mol. The Labute approximate surface area is 473 Å². The molecule has 80 heavy (non-hydrogen) atoms. The number of esters is 2. The van der Waals surface area contributed by atoms with Crippen molar-refractivity contribution in [1.82, 2.24) is 21.3 Å². The van der Waals surface area contributed by atoms with Crippen molar-refractivity contribution < 1.29 is 58.0 Å². The first-order valence-corrected chi connectivity index (χ1v) is 28.1. The van der Waals surface area contributed by atoms with E-state index in [1.165, 1.54) is 0 Å². The maximum absolute atomic E-state index is 13.4. The molecule has 0 aromatic rings. The lowest BCUT2D eigenvalue weighted by atomic mass is 9.71. The maximum Gasteiger partial charge on any atom is 0.326 e. The van der Waals surface area contributed by atoms with Crippen molar-refractivity contribution in [3.8, 4) is 0 Å². The van der Waals surface area contributed by atoms with E-state index in [0.717, 1.165) is 97.6 Å². The van der Waals surface area contributed by atoms with Crippen LogP contribution in [-0.4, -0.2) is 96.1 Å². The first kappa shape index (κ1) is 65.4. The van der Waals surface area contributed by atoms with Crippen LogP contribution in [0.3, 0.4) is 0 Å². The summed E-state index contributed by atoms with van der Waals surface area (Å²) in [5, 5.41) is 29.3. The molecule has 4 aliphatic rings. The minimum Gasteiger partial charge on any atom is -0.481 e. The van der Waals surface area contributed by atoms with Gasteiger partial charge in [-0.3, -0.25) is 28.8 Å². The molecular formula is C64H88N4O12. The lowest BCUT2D eigenvalue weighted by Gasteiger charge is -2.36. The first-order valence-electron chi connectivity index (χ1n) is 28.1. The number of allylic oxidation sites excluding steroid dienone is 20. The molecule has 16 nitrogen and oxygen atoms in total. The van der Waals surface area contributed by atoms with Gasteiger partial charge in [-0.2, -0.15) is 0 Å². The van der Waals surface area contributed by atoms with Crippen molar-refractivity contribution in [3.05, 3.63) is 130 Å². The molecule has 0 aliphatic heterocycles. The normalized spacial score (nSPS) is 21.9. The third-order valence-corrected chi connectivity index (χ3v) is 15.7. The molecule has 2 fully saturated rings. The number of nitrogens with one attached hydrogen (secondary N) is 4. The predicted octanol–water partition coefficient (Wildman–Crippen LogP) is 11.5. The van der Waals surface area contributed by atoms with Gasteiger partial charge in [-0.15, -0.1) is 0 Å². The standard InChI is InChI=1S/C64H88N4O12/c1-43(23-19-25-45(3)27-29-49-47(5)57(75)51(35-61(49,7)8)79-55(73)39-65-59(77)67-41-63(37-53(69)70)31-15-11-16-32-63)21-13-14-22-44(2)24-20-26-46(4)28-30-50-48(6)58(76)52(36-62(50,9)10)80-56(74)40-66-60(78)68-42-64(38-54(71)72)33-17-12-18-34-64/h13-14,19-30,51-52H,11-12,15-18,31-42H2,1-10H3,(H,69,70)(H,71,72)(H2,65,67,77)(H2,66,68,78). The highest BCUT2D eigenvalue weighted by molar-refractivity contribution is 6.02. The number of Topliss-reactive ketones (excluding diaryl/α,β-unsaturated/α-hetero) is 2. The van der Waals surface area contributed by atoms with Gasteiger partial charge in [0, 0.05) is 25.9 Å². The molecule has 0 radical (unpaired) electrons. The summed E-state index contributed by atoms with van der Waals surface area (Å²) in [5.41, 5.74) is 4.78. The molecule has 0 aromatic carbocycles. The van der Waals surface area contributed by atoms with Gasteiger partial charge in [0.25, 0.3) is 0 Å². The van der Waals surface area contributed by atoms with E-state index in [-0.39, 0.29) is 50.3 Å². The summed E-state index contributed by atoms with van der Waals surface area (Å²) in [4.78, 5) is 100. The van der Waals surface area contributed by atoms with E-state index in [4.69, 9.17) is 9.47 Å². The van der Waals surface area contributed by atoms with Crippen molar-refractivity contribution in [3.63, 3.8) is 0 Å². The Bertz CT molecular complexity index is 2490. The number of hydrogen-bond acceptors (Lipinski definition) is 10. The van der Waals surface area contributed by atoms with E-state index in [1.807, 2.05) is 140 Å². The number of amides is 4. The highest BCUT2D eigenvalue weighted by Gasteiger charge is 2.42. The van der Waals surface area contributed by atoms with Crippen LogP contribution in [0.4, 0.5) is 9.59 Å². The highest BCUT2D eigenvalue weighted by atomic mass is 16.6. The van der Waals surface area contributed by atoms with Crippen molar-refractivity contribution in [2.75, 3.05) is 26.2 Å². The average molecular weight is 1110 g/mol. The largest absolute Gasteiger partial charge is 0.481 e. The van der Waals surface area contributed by atoms with E-state index in [9.17, 15) is 48.6 Å². The Morgan fingerprint density at radius 1 is 0.500 bits per heavy atom. The summed E-state index contributed by atoms with van der Waals surface area (Å²) in [6.07, 6.45) is 34.8. The number of aliphatic carboxylic acids is 2. The van der Waals surface area contributed by atoms with Crippen LogP contribution in [0.2, 0.25) is 0 Å². The molecule has 436 valence electrons. The fourth-order valence-electron chi connectivity index (χ4n) is 11.2. The lowest BCUT2D eigenvalue weighted by molar-refractivity contribution is -0.155. The van der Waals surface area contributed by atoms with Crippen LogP contribution in [0.1, 0.15) is 159 Å². The van der Waals surface area contributed by atoms with Crippen molar-refractivity contribution in [2.45, 2.75) is 171 Å². The second-order valence-electron chi connectivity index (χ2n) is 23.7. The smallest absolute Gasteiger partial charge is 0.326 e. The van der Waals surface area contributed by atoms with Crippen LogP contribution in [-0.2, 0) is 38.2 Å². The minimum absolute atomic E-state index is 0.0253. The molecule has 0 bridgehead atoms. The van der Waals surface area contributed by atoms with E-state index >= 15 is 0 Å². The summed E-state index contributed by atoms with van der Waals surface area (Å²) in [6, 6.07) is -1.18. The topological polar surface area (TPSA) is 244 Å². The Balaban J connectivity index is 1.21. The molecular weight excluding hydrogens is 1020 g/mol. The molecule has 6 N–H and O–H groups in total. The van der Waals surface area contributed by atoms with E-state index in [1.54, 1.807) is 13.8 Å². The number of carboxylic acid groups (broad SMARTS) is 2. The number of rotatable bonds is 24. The average Bonchev–Trinajstić information content (AvgIpc) is 3.41. The molecule has 4 aliphatic carbocycles. The van der Waals surface area contributed by atoms with Gasteiger partial charge in [-0.25, -0.2) is 9.59 Å². The predicted molar refractivity (Wildman–Crippen MR) is 311 cm³/mol. The fraction of sp³-hybridized carbons (Fsp3) is 0.531. The lowest BCUT2D eigenvalue weighted by Crippen LogP contribution is -2.46. The molecule has 4 rings (SSSR count). The molecule has 4 amide bonds. The summed E-state index contributed by atoms with van der Waals surface area (Å²) in [6.45, 7) is 19.0. The van der Waals surface area contributed by atoms with Crippen molar-refractivity contribution in [1.29, 1.82) is 0 Å². The van der Waals surface area contributed by atoms with Crippen LogP contribution < -0.4 is 21.3 Å². The SMILES string of the molecule is CC(C=CC=C(C)C=CC1=C(C)C(=O)C(OC(=O)CNC(=O)NCC2(CC(=O)O)CCCCC2)CC1(C)C)=CC=CC=C(C)C=CC=C(C)C=CC1=C(C)C(=O)C(OC(=O)CNC(=O)NCC2(CC(=O)O)CCCCC2)CC1(C)C. The molecule has 0 spiro atoms. The molecule has 2 unspecified atom stereocenters. The summed E-state index contributed by atoms with van der Waals surface area (Å²) >= 11 is 0. The number of hydrogen-bond donors (Lipinski definition) is 6. The Morgan fingerprint density at radius 2 is 0.825 bits per heavy atom. The number of carboxylic acids is 2. The van der Waals surface area contributed by atoms with Gasteiger partial charge in [0.2, 0.25) is 0 Å². The summed E-state index contributed by atoms with van der Waals surface area (Å²) < 4.78 is 11.1. The van der Waals surface area contributed by atoms with Crippen LogP contribution in [0, 0.1) is 21.7 Å². The van der Waals surface area contributed by atoms with Crippen LogP contribution >= 0.6 is 0 Å². The third-order valence-electron chi connectivity index (χ3n) is 15.7. The van der Waals surface area contributed by atoms with Crippen LogP contribution in [0.25, 0.3) is 0 Å². The second-order valence-corrected chi connectivity index (χ2v) is 23.7. The Hall–Kier alpha value is -7.10. The molecule has 16 heteroatoms. The van der Waals surface area contributed by atoms with Gasteiger partial charge in [-0.1, -0.05) is 174 Å². The van der Waals surface area contributed by atoms with Gasteiger partial charge >= 0.3 is 35.9 Å². The highest BCUT2D eigenvalue weighted by Crippen LogP contribution is 2.43. The van der Waals surface area contributed by atoms with E-state index < -0.39 is 82.9 Å². The quantitative estimate of drug-likeness (QED) is 0.0391. The molecule has 0 heterocycles. The second kappa shape index (κ2) is 30.5. The van der Waals surface area contributed by atoms with Gasteiger partial charge < -0.3 is 41.0 Å². The number of ketones is 2. The number of carbonyl (C=O) groups is 8. The van der Waals surface area contributed by atoms with Gasteiger partial charge in [-0.05, 0) is 111 Å². The van der Waals surface area contributed by atoms with Crippen molar-refractivity contribution >= 4 is 47.5 Å². The van der Waals surface area contributed by atoms with E-state index in [2.05, 4.69) is 21.3 Å².